The highest BCUT2D eigenvalue weighted by molar-refractivity contribution is 5.98. The molecular weight excluding hydrogens is 340 g/mol. The fraction of sp³-hybridized carbons (Fsp3) is 0.652. The second-order valence-corrected chi connectivity index (χ2v) is 8.78. The standard InChI is InChI=1S/C23H28O4/c1-3-5-9-16-14-10-11-15-19(18(14)20(24)26-16)23-13-7-6-12-22(15,23)21(25)27-17(23)8-4-2/h8-9,15,19H,3-7,10-13H2,1-2H3/b16-9-,17-8-/t15?,19?,22-,23-/m1/s1. The maximum Gasteiger partial charge on any atom is 0.340 e. The van der Waals surface area contributed by atoms with E-state index in [2.05, 4.69) is 26.0 Å². The van der Waals surface area contributed by atoms with Gasteiger partial charge in [-0.05, 0) is 56.6 Å². The third-order valence-corrected chi connectivity index (χ3v) is 7.83. The van der Waals surface area contributed by atoms with Gasteiger partial charge in [0.05, 0.1) is 10.8 Å². The number of cyclic esters (lactones) is 2. The zero-order chi connectivity index (χ0) is 18.8. The van der Waals surface area contributed by atoms with E-state index in [4.69, 9.17) is 9.47 Å². The Kier molecular flexibility index (Phi) is 3.73. The molecule has 0 radical (unpaired) electrons. The second-order valence-electron chi connectivity index (χ2n) is 8.78. The Morgan fingerprint density at radius 3 is 2.59 bits per heavy atom. The van der Waals surface area contributed by atoms with Crippen LogP contribution in [0.2, 0.25) is 0 Å². The number of unbranched alkanes of at least 4 members (excludes halogenated alkanes) is 1. The quantitative estimate of drug-likeness (QED) is 0.661. The maximum absolute atomic E-state index is 13.1. The van der Waals surface area contributed by atoms with E-state index in [1.54, 1.807) is 0 Å². The van der Waals surface area contributed by atoms with Crippen molar-refractivity contribution < 1.29 is 19.1 Å². The fourth-order valence-electron chi connectivity index (χ4n) is 7.00. The summed E-state index contributed by atoms with van der Waals surface area (Å²) in [5.41, 5.74) is 1.28. The number of ether oxygens (including phenoxy) is 2. The lowest BCUT2D eigenvalue weighted by atomic mass is 9.31. The monoisotopic (exact) mass is 368 g/mol. The molecule has 27 heavy (non-hydrogen) atoms. The predicted octanol–water partition coefficient (Wildman–Crippen LogP) is 4.96. The molecule has 0 N–H and O–H groups in total. The highest BCUT2D eigenvalue weighted by Crippen LogP contribution is 2.81. The topological polar surface area (TPSA) is 52.6 Å². The fourth-order valence-corrected chi connectivity index (χ4v) is 7.00. The number of hydrogen-bond acceptors (Lipinski definition) is 4. The molecule has 0 aromatic rings. The molecule has 2 saturated carbocycles. The summed E-state index contributed by atoms with van der Waals surface area (Å²) in [6.07, 6.45) is 12.8. The van der Waals surface area contributed by atoms with E-state index in [-0.39, 0.29) is 29.2 Å². The van der Waals surface area contributed by atoms with Crippen LogP contribution >= 0.6 is 0 Å². The minimum Gasteiger partial charge on any atom is -0.430 e. The molecule has 0 amide bonds. The lowest BCUT2D eigenvalue weighted by molar-refractivity contribution is -0.195. The van der Waals surface area contributed by atoms with Gasteiger partial charge >= 0.3 is 11.9 Å². The molecule has 2 unspecified atom stereocenters. The summed E-state index contributed by atoms with van der Waals surface area (Å²) in [5, 5.41) is 0. The number of rotatable bonds is 3. The Bertz CT molecular complexity index is 816. The van der Waals surface area contributed by atoms with Crippen molar-refractivity contribution >= 4 is 11.9 Å². The van der Waals surface area contributed by atoms with Crippen LogP contribution in [0.5, 0.6) is 0 Å². The molecule has 3 aliphatic carbocycles. The summed E-state index contributed by atoms with van der Waals surface area (Å²) in [4.78, 5) is 26.0. The molecule has 4 nitrogen and oxygen atoms in total. The molecular formula is C23H28O4. The molecule has 2 aliphatic heterocycles. The van der Waals surface area contributed by atoms with Crippen molar-refractivity contribution in [1.29, 1.82) is 0 Å². The van der Waals surface area contributed by atoms with Crippen LogP contribution in [0, 0.1) is 22.7 Å². The molecule has 0 bridgehead atoms. The first-order chi connectivity index (χ1) is 13.1. The molecule has 4 atom stereocenters. The lowest BCUT2D eigenvalue weighted by Gasteiger charge is -2.67. The number of fused-ring (bicyclic) bond motifs is 2. The molecule has 0 aromatic carbocycles. The summed E-state index contributed by atoms with van der Waals surface area (Å²) in [6.45, 7) is 4.21. The van der Waals surface area contributed by atoms with Crippen LogP contribution in [0.15, 0.2) is 34.8 Å². The van der Waals surface area contributed by atoms with Crippen molar-refractivity contribution in [1.82, 2.24) is 0 Å². The van der Waals surface area contributed by atoms with Crippen molar-refractivity contribution in [2.75, 3.05) is 0 Å². The first-order valence-corrected chi connectivity index (χ1v) is 10.7. The van der Waals surface area contributed by atoms with Crippen molar-refractivity contribution in [2.45, 2.75) is 71.6 Å². The van der Waals surface area contributed by atoms with E-state index in [0.29, 0.717) is 0 Å². The van der Waals surface area contributed by atoms with Crippen molar-refractivity contribution in [3.8, 4) is 0 Å². The molecule has 3 fully saturated rings. The Hall–Kier alpha value is -1.84. The van der Waals surface area contributed by atoms with Crippen LogP contribution in [0.1, 0.15) is 71.6 Å². The van der Waals surface area contributed by atoms with Gasteiger partial charge in [0, 0.05) is 17.1 Å². The van der Waals surface area contributed by atoms with Gasteiger partial charge in [-0.2, -0.15) is 0 Å². The number of allylic oxidation sites excluding steroid dienone is 4. The van der Waals surface area contributed by atoms with E-state index < -0.39 is 5.41 Å². The zero-order valence-corrected chi connectivity index (χ0v) is 16.3. The lowest BCUT2D eigenvalue weighted by Crippen LogP contribution is -2.68. The van der Waals surface area contributed by atoms with Gasteiger partial charge in [-0.15, -0.1) is 0 Å². The van der Waals surface area contributed by atoms with E-state index in [0.717, 1.165) is 80.5 Å². The van der Waals surface area contributed by atoms with E-state index >= 15 is 0 Å². The molecule has 144 valence electrons. The third kappa shape index (κ3) is 1.85. The van der Waals surface area contributed by atoms with Crippen LogP contribution in [0.25, 0.3) is 0 Å². The number of carbonyl (C=O) groups is 2. The molecule has 0 spiro atoms. The summed E-state index contributed by atoms with van der Waals surface area (Å²) in [5.74, 6) is 1.75. The predicted molar refractivity (Wildman–Crippen MR) is 100 cm³/mol. The van der Waals surface area contributed by atoms with E-state index in [9.17, 15) is 9.59 Å². The van der Waals surface area contributed by atoms with Gasteiger partial charge in [-0.25, -0.2) is 4.79 Å². The molecule has 5 aliphatic rings. The second kappa shape index (κ2) is 5.83. The van der Waals surface area contributed by atoms with Crippen LogP contribution in [0.3, 0.4) is 0 Å². The van der Waals surface area contributed by atoms with Crippen molar-refractivity contribution in [2.24, 2.45) is 22.7 Å². The average molecular weight is 368 g/mol. The third-order valence-electron chi connectivity index (χ3n) is 7.83. The highest BCUT2D eigenvalue weighted by Gasteiger charge is 2.82. The maximum atomic E-state index is 13.1. The number of carbonyl (C=O) groups excluding carboxylic acids is 2. The highest BCUT2D eigenvalue weighted by atomic mass is 16.6. The Morgan fingerprint density at radius 2 is 1.85 bits per heavy atom. The summed E-state index contributed by atoms with van der Waals surface area (Å²) in [6, 6.07) is 0. The van der Waals surface area contributed by atoms with Gasteiger partial charge in [0.15, 0.2) is 0 Å². The van der Waals surface area contributed by atoms with Gasteiger partial charge < -0.3 is 9.47 Å². The first kappa shape index (κ1) is 17.3. The number of hydrogen-bond donors (Lipinski definition) is 0. The Labute approximate surface area is 160 Å². The smallest absolute Gasteiger partial charge is 0.340 e. The van der Waals surface area contributed by atoms with E-state index in [1.807, 2.05) is 0 Å². The minimum absolute atomic E-state index is 0.0275. The molecule has 4 heteroatoms. The number of esters is 2. The van der Waals surface area contributed by atoms with Crippen LogP contribution < -0.4 is 0 Å². The molecule has 5 rings (SSSR count). The van der Waals surface area contributed by atoms with Gasteiger partial charge in [0.2, 0.25) is 0 Å². The molecule has 2 heterocycles. The summed E-state index contributed by atoms with van der Waals surface area (Å²) >= 11 is 0. The minimum atomic E-state index is -0.397. The largest absolute Gasteiger partial charge is 0.430 e. The Balaban J connectivity index is 1.67. The SMILES string of the molecule is CC/C=C1\OC(=O)[C@]23CCCC[C@]12C1C2=C(CCC13)/C(=C/CCC)OC2=O. The normalized spacial score (nSPS) is 42.3. The summed E-state index contributed by atoms with van der Waals surface area (Å²) in [7, 11) is 0. The van der Waals surface area contributed by atoms with Crippen LogP contribution in [-0.4, -0.2) is 11.9 Å². The van der Waals surface area contributed by atoms with Crippen molar-refractivity contribution in [3.63, 3.8) is 0 Å². The van der Waals surface area contributed by atoms with Crippen molar-refractivity contribution in [3.05, 3.63) is 34.8 Å². The van der Waals surface area contributed by atoms with Crippen LogP contribution in [-0.2, 0) is 19.1 Å². The van der Waals surface area contributed by atoms with Gasteiger partial charge in [0.1, 0.15) is 11.5 Å². The van der Waals surface area contributed by atoms with Gasteiger partial charge in [-0.3, -0.25) is 4.79 Å². The van der Waals surface area contributed by atoms with Gasteiger partial charge in [-0.1, -0.05) is 33.1 Å². The molecule has 1 saturated heterocycles. The molecule has 0 aromatic heterocycles. The van der Waals surface area contributed by atoms with Gasteiger partial charge in [0.25, 0.3) is 0 Å². The van der Waals surface area contributed by atoms with E-state index in [1.165, 1.54) is 0 Å². The first-order valence-electron chi connectivity index (χ1n) is 10.7. The average Bonchev–Trinajstić information content (AvgIpc) is 3.09. The summed E-state index contributed by atoms with van der Waals surface area (Å²) < 4.78 is 11.6. The van der Waals surface area contributed by atoms with Crippen LogP contribution in [0.4, 0.5) is 0 Å². The Morgan fingerprint density at radius 1 is 1.07 bits per heavy atom. The zero-order valence-electron chi connectivity index (χ0n) is 16.3.